The molecule has 0 amide bonds. The molecular formula is C20H28N2O2. The molecule has 1 unspecified atom stereocenters. The van der Waals surface area contributed by atoms with E-state index in [2.05, 4.69) is 48.0 Å². The number of ether oxygens (including phenoxy) is 1. The number of phenols is 1. The van der Waals surface area contributed by atoms with Crippen LogP contribution in [-0.4, -0.2) is 50.4 Å². The molecular weight excluding hydrogens is 300 g/mol. The lowest BCUT2D eigenvalue weighted by atomic mass is 10.1. The molecule has 0 spiro atoms. The molecule has 2 aromatic carbocycles. The van der Waals surface area contributed by atoms with E-state index in [4.69, 9.17) is 4.74 Å². The van der Waals surface area contributed by atoms with Crippen molar-refractivity contribution < 1.29 is 9.84 Å². The zero-order chi connectivity index (χ0) is 17.5. The molecule has 1 N–H and O–H groups in total. The molecule has 1 atom stereocenters. The normalized spacial score (nSPS) is 12.4. The number of phenolic OH excluding ortho intramolecular Hbond substituents is 1. The highest BCUT2D eigenvalue weighted by Gasteiger charge is 2.10. The van der Waals surface area contributed by atoms with E-state index in [0.29, 0.717) is 6.04 Å². The first-order valence-electron chi connectivity index (χ1n) is 8.32. The first-order chi connectivity index (χ1) is 11.5. The molecule has 0 aliphatic rings. The predicted octanol–water partition coefficient (Wildman–Crippen LogP) is 3.67. The molecule has 0 aliphatic heterocycles. The summed E-state index contributed by atoms with van der Waals surface area (Å²) in [5.74, 6) is 0.286. The maximum absolute atomic E-state index is 9.40. The number of hydrogen-bond donors (Lipinski definition) is 1. The van der Waals surface area contributed by atoms with E-state index >= 15 is 0 Å². The van der Waals surface area contributed by atoms with Gasteiger partial charge < -0.3 is 19.6 Å². The lowest BCUT2D eigenvalue weighted by Gasteiger charge is -2.25. The van der Waals surface area contributed by atoms with Crippen LogP contribution in [0, 0.1) is 0 Å². The van der Waals surface area contributed by atoms with Crippen molar-refractivity contribution in [2.75, 3.05) is 39.3 Å². The summed E-state index contributed by atoms with van der Waals surface area (Å²) >= 11 is 0. The maximum atomic E-state index is 9.40. The second-order valence-corrected chi connectivity index (χ2v) is 6.27. The Labute approximate surface area is 145 Å². The van der Waals surface area contributed by atoms with Crippen LogP contribution in [0.15, 0.2) is 48.5 Å². The van der Waals surface area contributed by atoms with E-state index < -0.39 is 0 Å². The summed E-state index contributed by atoms with van der Waals surface area (Å²) in [5, 5.41) is 9.40. The second kappa shape index (κ2) is 8.71. The Morgan fingerprint density at radius 1 is 0.958 bits per heavy atom. The molecule has 24 heavy (non-hydrogen) atoms. The highest BCUT2D eigenvalue weighted by atomic mass is 16.5. The molecule has 0 bridgehead atoms. The van der Waals surface area contributed by atoms with Crippen LogP contribution >= 0.6 is 0 Å². The number of nitrogens with zero attached hydrogens (tertiary/aromatic N) is 2. The number of benzene rings is 2. The Kier molecular flexibility index (Phi) is 6.64. The summed E-state index contributed by atoms with van der Waals surface area (Å²) < 4.78 is 5.14. The Balaban J connectivity index is 1.98. The van der Waals surface area contributed by atoms with Gasteiger partial charge in [-0.25, -0.2) is 0 Å². The van der Waals surface area contributed by atoms with Gasteiger partial charge in [-0.3, -0.25) is 0 Å². The standard InChI is InChI=1S/C20H28N2O2/c1-16(21(2)13-14-24-4)15-17-5-7-18(8-6-17)22(3)19-9-11-20(23)12-10-19/h5-12,16,23H,13-15H2,1-4H3. The average molecular weight is 328 g/mol. The third-order valence-electron chi connectivity index (χ3n) is 4.49. The smallest absolute Gasteiger partial charge is 0.115 e. The van der Waals surface area contributed by atoms with Crippen molar-refractivity contribution in [3.05, 3.63) is 54.1 Å². The van der Waals surface area contributed by atoms with Crippen molar-refractivity contribution >= 4 is 11.4 Å². The quantitative estimate of drug-likeness (QED) is 0.802. The second-order valence-electron chi connectivity index (χ2n) is 6.27. The Morgan fingerprint density at radius 2 is 1.50 bits per heavy atom. The van der Waals surface area contributed by atoms with Crippen molar-refractivity contribution in [3.63, 3.8) is 0 Å². The van der Waals surface area contributed by atoms with Crippen LogP contribution in [0.1, 0.15) is 12.5 Å². The van der Waals surface area contributed by atoms with Gasteiger partial charge in [-0.15, -0.1) is 0 Å². The fraction of sp³-hybridized carbons (Fsp3) is 0.400. The summed E-state index contributed by atoms with van der Waals surface area (Å²) in [6.07, 6.45) is 1.02. The molecule has 0 radical (unpaired) electrons. The molecule has 0 heterocycles. The minimum atomic E-state index is 0.286. The molecule has 0 saturated heterocycles. The summed E-state index contributed by atoms with van der Waals surface area (Å²) in [6.45, 7) is 3.95. The van der Waals surface area contributed by atoms with Gasteiger partial charge in [-0.1, -0.05) is 12.1 Å². The van der Waals surface area contributed by atoms with Crippen LogP contribution < -0.4 is 4.90 Å². The van der Waals surface area contributed by atoms with Gasteiger partial charge in [0.25, 0.3) is 0 Å². The first-order valence-corrected chi connectivity index (χ1v) is 8.32. The number of aromatic hydroxyl groups is 1. The topological polar surface area (TPSA) is 35.9 Å². The lowest BCUT2D eigenvalue weighted by molar-refractivity contribution is 0.143. The van der Waals surface area contributed by atoms with E-state index in [1.54, 1.807) is 19.2 Å². The highest BCUT2D eigenvalue weighted by Crippen LogP contribution is 2.25. The van der Waals surface area contributed by atoms with Crippen LogP contribution in [0.3, 0.4) is 0 Å². The Morgan fingerprint density at radius 3 is 2.04 bits per heavy atom. The summed E-state index contributed by atoms with van der Waals surface area (Å²) in [4.78, 5) is 4.43. The maximum Gasteiger partial charge on any atom is 0.115 e. The van der Waals surface area contributed by atoms with Crippen molar-refractivity contribution in [2.24, 2.45) is 0 Å². The monoisotopic (exact) mass is 328 g/mol. The zero-order valence-corrected chi connectivity index (χ0v) is 15.1. The average Bonchev–Trinajstić information content (AvgIpc) is 2.60. The van der Waals surface area contributed by atoms with Crippen molar-refractivity contribution in [1.29, 1.82) is 0 Å². The molecule has 2 aromatic rings. The van der Waals surface area contributed by atoms with E-state index in [0.717, 1.165) is 30.9 Å². The third kappa shape index (κ3) is 4.98. The third-order valence-corrected chi connectivity index (χ3v) is 4.49. The molecule has 4 heteroatoms. The van der Waals surface area contributed by atoms with Gasteiger partial charge in [0.05, 0.1) is 6.61 Å². The Bertz CT molecular complexity index is 611. The van der Waals surface area contributed by atoms with Crippen LogP contribution in [0.4, 0.5) is 11.4 Å². The number of anilines is 2. The van der Waals surface area contributed by atoms with Crippen molar-refractivity contribution in [3.8, 4) is 5.75 Å². The molecule has 0 aliphatic carbocycles. The molecule has 0 fully saturated rings. The number of hydrogen-bond acceptors (Lipinski definition) is 4. The first kappa shape index (κ1) is 18.3. The summed E-state index contributed by atoms with van der Waals surface area (Å²) in [7, 11) is 5.90. The zero-order valence-electron chi connectivity index (χ0n) is 15.1. The molecule has 4 nitrogen and oxygen atoms in total. The van der Waals surface area contributed by atoms with Crippen LogP contribution in [0.25, 0.3) is 0 Å². The largest absolute Gasteiger partial charge is 0.508 e. The van der Waals surface area contributed by atoms with Crippen LogP contribution in [0.2, 0.25) is 0 Å². The summed E-state index contributed by atoms with van der Waals surface area (Å²) in [5.41, 5.74) is 3.51. The fourth-order valence-electron chi connectivity index (χ4n) is 2.63. The molecule has 0 saturated carbocycles. The van der Waals surface area contributed by atoms with Gasteiger partial charge in [-0.2, -0.15) is 0 Å². The highest BCUT2D eigenvalue weighted by molar-refractivity contribution is 5.63. The van der Waals surface area contributed by atoms with Gasteiger partial charge in [-0.05, 0) is 62.4 Å². The van der Waals surface area contributed by atoms with Crippen molar-refractivity contribution in [1.82, 2.24) is 4.90 Å². The van der Waals surface area contributed by atoms with Crippen LogP contribution in [0.5, 0.6) is 5.75 Å². The van der Waals surface area contributed by atoms with Crippen LogP contribution in [-0.2, 0) is 11.2 Å². The number of methoxy groups -OCH3 is 1. The molecule has 130 valence electrons. The number of rotatable bonds is 8. The lowest BCUT2D eigenvalue weighted by Crippen LogP contribution is -2.33. The van der Waals surface area contributed by atoms with Crippen molar-refractivity contribution in [2.45, 2.75) is 19.4 Å². The van der Waals surface area contributed by atoms with Gasteiger partial charge >= 0.3 is 0 Å². The minimum absolute atomic E-state index is 0.286. The van der Waals surface area contributed by atoms with E-state index in [1.807, 2.05) is 19.2 Å². The molecule has 2 rings (SSSR count). The van der Waals surface area contributed by atoms with Gasteiger partial charge in [0.15, 0.2) is 0 Å². The van der Waals surface area contributed by atoms with Gasteiger partial charge in [0, 0.05) is 38.1 Å². The summed E-state index contributed by atoms with van der Waals surface area (Å²) in [6, 6.07) is 16.4. The fourth-order valence-corrected chi connectivity index (χ4v) is 2.63. The Hall–Kier alpha value is -2.04. The minimum Gasteiger partial charge on any atom is -0.508 e. The van der Waals surface area contributed by atoms with E-state index in [9.17, 15) is 5.11 Å². The van der Waals surface area contributed by atoms with E-state index in [1.165, 1.54) is 5.56 Å². The predicted molar refractivity (Wildman–Crippen MR) is 100 cm³/mol. The van der Waals surface area contributed by atoms with E-state index in [-0.39, 0.29) is 5.75 Å². The van der Waals surface area contributed by atoms with Gasteiger partial charge in [0.1, 0.15) is 5.75 Å². The molecule has 0 aromatic heterocycles. The number of likely N-dealkylation sites (N-methyl/N-ethyl adjacent to an activating group) is 1. The SMILES string of the molecule is COCCN(C)C(C)Cc1ccc(N(C)c2ccc(O)cc2)cc1. The van der Waals surface area contributed by atoms with Gasteiger partial charge in [0.2, 0.25) is 0 Å².